The van der Waals surface area contributed by atoms with E-state index in [0.29, 0.717) is 27.8 Å². The van der Waals surface area contributed by atoms with Crippen LogP contribution in [0.5, 0.6) is 11.5 Å². The molecule has 120 valence electrons. The van der Waals surface area contributed by atoms with E-state index in [0.717, 1.165) is 0 Å². The summed E-state index contributed by atoms with van der Waals surface area (Å²) < 4.78 is 10.4. The second-order valence-corrected chi connectivity index (χ2v) is 5.61. The molecule has 1 aromatic heterocycles. The number of hydrogen-bond donors (Lipinski definition) is 2. The van der Waals surface area contributed by atoms with E-state index >= 15 is 0 Å². The maximum Gasteiger partial charge on any atom is 0.247 e. The van der Waals surface area contributed by atoms with Gasteiger partial charge in [0.1, 0.15) is 28.6 Å². The van der Waals surface area contributed by atoms with Crippen molar-refractivity contribution in [1.29, 1.82) is 5.26 Å². The van der Waals surface area contributed by atoms with Crippen LogP contribution in [0.15, 0.2) is 29.6 Å². The van der Waals surface area contributed by atoms with E-state index in [2.05, 4.69) is 10.6 Å². The number of nitriles is 1. The van der Waals surface area contributed by atoms with Crippen molar-refractivity contribution in [3.8, 4) is 17.6 Å². The zero-order valence-electron chi connectivity index (χ0n) is 13.0. The first-order chi connectivity index (χ1) is 11.1. The Morgan fingerprint density at radius 1 is 1.30 bits per heavy atom. The molecule has 23 heavy (non-hydrogen) atoms. The highest BCUT2D eigenvalue weighted by Crippen LogP contribution is 2.30. The number of rotatable bonds is 6. The Balaban J connectivity index is 2.08. The fourth-order valence-corrected chi connectivity index (χ4v) is 2.67. The maximum atomic E-state index is 12.3. The number of anilines is 2. The van der Waals surface area contributed by atoms with E-state index in [-0.39, 0.29) is 5.91 Å². The van der Waals surface area contributed by atoms with Crippen molar-refractivity contribution >= 4 is 27.9 Å². The van der Waals surface area contributed by atoms with E-state index in [4.69, 9.17) is 14.7 Å². The lowest BCUT2D eigenvalue weighted by Gasteiger charge is -2.17. The number of carbonyl (C=O) groups is 1. The van der Waals surface area contributed by atoms with E-state index in [1.165, 1.54) is 11.3 Å². The summed E-state index contributed by atoms with van der Waals surface area (Å²) in [5.74, 6) is 1.02. The Kier molecular flexibility index (Phi) is 5.44. The van der Waals surface area contributed by atoms with Crippen molar-refractivity contribution in [3.63, 3.8) is 0 Å². The minimum absolute atomic E-state index is 0.234. The average molecular weight is 331 g/mol. The smallest absolute Gasteiger partial charge is 0.247 e. The number of ether oxygens (including phenoxy) is 2. The third-order valence-corrected chi connectivity index (χ3v) is 4.03. The fourth-order valence-electron chi connectivity index (χ4n) is 1.93. The minimum atomic E-state index is -0.508. The van der Waals surface area contributed by atoms with Crippen molar-refractivity contribution in [2.45, 2.75) is 13.0 Å². The van der Waals surface area contributed by atoms with Gasteiger partial charge in [0.25, 0.3) is 0 Å². The van der Waals surface area contributed by atoms with Gasteiger partial charge < -0.3 is 20.1 Å². The number of amides is 1. The topological polar surface area (TPSA) is 83.4 Å². The Bertz CT molecular complexity index is 736. The van der Waals surface area contributed by atoms with Crippen LogP contribution in [0.25, 0.3) is 0 Å². The molecule has 0 aliphatic carbocycles. The lowest BCUT2D eigenvalue weighted by atomic mass is 10.2. The summed E-state index contributed by atoms with van der Waals surface area (Å²) in [6.45, 7) is 1.73. The standard InChI is InChI=1S/C16H17N3O3S/c1-10(15(20)19-16-11(9-17)6-7-23-16)18-13-5-4-12(21-2)8-14(13)22-3/h4-8,10,18H,1-3H3,(H,19,20)/t10-/m1/s1. The highest BCUT2D eigenvalue weighted by molar-refractivity contribution is 7.14. The highest BCUT2D eigenvalue weighted by atomic mass is 32.1. The van der Waals surface area contributed by atoms with Crippen molar-refractivity contribution < 1.29 is 14.3 Å². The van der Waals surface area contributed by atoms with Gasteiger partial charge in [-0.1, -0.05) is 0 Å². The minimum Gasteiger partial charge on any atom is -0.497 e. The highest BCUT2D eigenvalue weighted by Gasteiger charge is 2.17. The van der Waals surface area contributed by atoms with Crippen LogP contribution in [0.1, 0.15) is 12.5 Å². The van der Waals surface area contributed by atoms with Gasteiger partial charge in [0, 0.05) is 6.07 Å². The molecule has 6 nitrogen and oxygen atoms in total. The molecule has 1 aromatic carbocycles. The van der Waals surface area contributed by atoms with E-state index < -0.39 is 6.04 Å². The number of nitrogens with one attached hydrogen (secondary N) is 2. The van der Waals surface area contributed by atoms with E-state index in [9.17, 15) is 4.79 Å². The molecular weight excluding hydrogens is 314 g/mol. The van der Waals surface area contributed by atoms with Crippen molar-refractivity contribution in [1.82, 2.24) is 0 Å². The Morgan fingerprint density at radius 3 is 2.74 bits per heavy atom. The Hall–Kier alpha value is -2.72. The summed E-state index contributed by atoms with van der Waals surface area (Å²) in [7, 11) is 3.13. The monoisotopic (exact) mass is 331 g/mol. The van der Waals surface area contributed by atoms with E-state index in [1.54, 1.807) is 50.8 Å². The molecule has 1 amide bonds. The predicted molar refractivity (Wildman–Crippen MR) is 90.3 cm³/mol. The summed E-state index contributed by atoms with van der Waals surface area (Å²) in [6, 6.07) is 8.51. The van der Waals surface area contributed by atoms with Crippen LogP contribution in [-0.2, 0) is 4.79 Å². The van der Waals surface area contributed by atoms with Gasteiger partial charge in [-0.3, -0.25) is 4.79 Å². The zero-order valence-corrected chi connectivity index (χ0v) is 13.9. The number of thiophene rings is 1. The molecule has 2 aromatic rings. The molecule has 0 fully saturated rings. The van der Waals surface area contributed by atoms with Gasteiger partial charge in [-0.15, -0.1) is 11.3 Å². The number of nitrogens with zero attached hydrogens (tertiary/aromatic N) is 1. The SMILES string of the molecule is COc1ccc(N[C@H](C)C(=O)Nc2sccc2C#N)c(OC)c1. The van der Waals surface area contributed by atoms with Crippen LogP contribution in [0, 0.1) is 11.3 Å². The van der Waals surface area contributed by atoms with Gasteiger partial charge in [0.15, 0.2) is 0 Å². The van der Waals surface area contributed by atoms with Crippen LogP contribution >= 0.6 is 11.3 Å². The van der Waals surface area contributed by atoms with Gasteiger partial charge in [-0.05, 0) is 30.5 Å². The second kappa shape index (κ2) is 7.51. The Labute approximate surface area is 138 Å². The number of hydrogen-bond acceptors (Lipinski definition) is 6. The molecule has 2 rings (SSSR count). The van der Waals surface area contributed by atoms with Crippen LogP contribution in [0.3, 0.4) is 0 Å². The quantitative estimate of drug-likeness (QED) is 0.850. The molecule has 0 radical (unpaired) electrons. The summed E-state index contributed by atoms with van der Waals surface area (Å²) >= 11 is 1.32. The van der Waals surface area contributed by atoms with E-state index in [1.807, 2.05) is 6.07 Å². The second-order valence-electron chi connectivity index (χ2n) is 4.70. The number of carbonyl (C=O) groups excluding carboxylic acids is 1. The molecule has 0 unspecified atom stereocenters. The van der Waals surface area contributed by atoms with Crippen molar-refractivity contribution in [2.75, 3.05) is 24.9 Å². The lowest BCUT2D eigenvalue weighted by molar-refractivity contribution is -0.116. The van der Waals surface area contributed by atoms with Gasteiger partial charge >= 0.3 is 0 Å². The maximum absolute atomic E-state index is 12.3. The third kappa shape index (κ3) is 3.93. The van der Waals surface area contributed by atoms with Gasteiger partial charge in [0.2, 0.25) is 5.91 Å². The van der Waals surface area contributed by atoms with Gasteiger partial charge in [0.05, 0.1) is 25.5 Å². The predicted octanol–water partition coefficient (Wildman–Crippen LogP) is 3.08. The molecule has 1 atom stereocenters. The largest absolute Gasteiger partial charge is 0.497 e. The molecule has 0 bridgehead atoms. The summed E-state index contributed by atoms with van der Waals surface area (Å²) in [4.78, 5) is 12.3. The van der Waals surface area contributed by atoms with Crippen molar-refractivity contribution in [2.24, 2.45) is 0 Å². The van der Waals surface area contributed by atoms with Crippen LogP contribution in [0.4, 0.5) is 10.7 Å². The van der Waals surface area contributed by atoms with Crippen LogP contribution in [0.2, 0.25) is 0 Å². The van der Waals surface area contributed by atoms with Crippen LogP contribution < -0.4 is 20.1 Å². The number of methoxy groups -OCH3 is 2. The lowest BCUT2D eigenvalue weighted by Crippen LogP contribution is -2.31. The molecule has 1 heterocycles. The first kappa shape index (κ1) is 16.6. The molecule has 0 spiro atoms. The zero-order chi connectivity index (χ0) is 16.8. The molecule has 0 aliphatic heterocycles. The first-order valence-corrected chi connectivity index (χ1v) is 7.74. The number of benzene rings is 1. The molecule has 0 saturated carbocycles. The third-order valence-electron chi connectivity index (χ3n) is 3.20. The average Bonchev–Trinajstić information content (AvgIpc) is 3.02. The van der Waals surface area contributed by atoms with Gasteiger partial charge in [-0.2, -0.15) is 5.26 Å². The first-order valence-electron chi connectivity index (χ1n) is 6.86. The molecule has 0 aliphatic rings. The summed E-state index contributed by atoms with van der Waals surface area (Å²) in [6.07, 6.45) is 0. The van der Waals surface area contributed by atoms with Gasteiger partial charge in [-0.25, -0.2) is 0 Å². The summed E-state index contributed by atoms with van der Waals surface area (Å²) in [5, 5.41) is 17.1. The molecular formula is C16H17N3O3S. The molecule has 2 N–H and O–H groups in total. The Morgan fingerprint density at radius 2 is 2.09 bits per heavy atom. The normalized spacial score (nSPS) is 11.2. The molecule has 0 saturated heterocycles. The molecule has 7 heteroatoms. The fraction of sp³-hybridized carbons (Fsp3) is 0.250. The summed E-state index contributed by atoms with van der Waals surface area (Å²) in [5.41, 5.74) is 1.14. The van der Waals surface area contributed by atoms with Crippen LogP contribution in [-0.4, -0.2) is 26.2 Å². The van der Waals surface area contributed by atoms with Crippen molar-refractivity contribution in [3.05, 3.63) is 35.2 Å².